The third kappa shape index (κ3) is 8.62. The first-order valence-corrected chi connectivity index (χ1v) is 22.3. The van der Waals surface area contributed by atoms with Crippen LogP contribution in [0.3, 0.4) is 0 Å². The number of alkyl halides is 1. The molecule has 3 amide bonds. The summed E-state index contributed by atoms with van der Waals surface area (Å²) >= 11 is 1.18. The molecule has 5 heterocycles. The van der Waals surface area contributed by atoms with Gasteiger partial charge in [0.15, 0.2) is 0 Å². The number of hydrogen-bond acceptors (Lipinski definition) is 10. The second-order valence-corrected chi connectivity index (χ2v) is 18.6. The van der Waals surface area contributed by atoms with Crippen LogP contribution < -0.4 is 19.7 Å². The maximum Gasteiger partial charge on any atom is 0.355 e. The van der Waals surface area contributed by atoms with Gasteiger partial charge in [0.05, 0.1) is 18.6 Å². The highest BCUT2D eigenvalue weighted by molar-refractivity contribution is 7.57. The number of thiophene rings is 1. The molecule has 7 rings (SSSR count). The first kappa shape index (κ1) is 41.3. The maximum absolute atomic E-state index is 16.5. The van der Waals surface area contributed by atoms with Crippen LogP contribution in [0.5, 0.6) is 11.5 Å². The number of ether oxygens (including phenoxy) is 2. The number of hydrogen-bond donors (Lipinski definition) is 2. The zero-order valence-electron chi connectivity index (χ0n) is 33.0. The van der Waals surface area contributed by atoms with Crippen molar-refractivity contribution in [2.45, 2.75) is 88.9 Å². The highest BCUT2D eigenvalue weighted by Gasteiger charge is 2.49. The number of carbonyl (C=O) groups excluding carboxylic acids is 4. The predicted octanol–water partition coefficient (Wildman–Crippen LogP) is 6.99. The SMILES string of the molecule is CCCOC(=O)[C@H](C)N[P@](=O)(Oc1ccccc1)[C@@H](F)c1ccc2sc(C(=O)N[C@H]3C[C@@H](C)C[C@H]4CC[C@@H](C(=O)N5CC(c6cnccc6OC)C5)N4C3=O)cc2c1. The van der Waals surface area contributed by atoms with Gasteiger partial charge in [0.2, 0.25) is 17.7 Å². The van der Waals surface area contributed by atoms with Crippen molar-refractivity contribution in [3.05, 3.63) is 89.1 Å². The molecule has 0 radical (unpaired) electrons. The van der Waals surface area contributed by atoms with Crippen molar-refractivity contribution in [3.8, 4) is 11.5 Å². The Kier molecular flexibility index (Phi) is 12.5. The van der Waals surface area contributed by atoms with E-state index in [9.17, 15) is 23.7 Å². The summed E-state index contributed by atoms with van der Waals surface area (Å²) in [5.74, 6) is -2.58. The van der Waals surface area contributed by atoms with E-state index in [1.165, 1.54) is 30.4 Å². The van der Waals surface area contributed by atoms with Gasteiger partial charge in [-0.05, 0) is 92.3 Å². The first-order valence-electron chi connectivity index (χ1n) is 19.7. The molecule has 3 saturated heterocycles. The first-order chi connectivity index (χ1) is 27.9. The number of fused-ring (bicyclic) bond motifs is 2. The van der Waals surface area contributed by atoms with Gasteiger partial charge in [-0.2, -0.15) is 0 Å². The lowest BCUT2D eigenvalue weighted by Gasteiger charge is -2.42. The van der Waals surface area contributed by atoms with E-state index in [4.69, 9.17) is 14.0 Å². The highest BCUT2D eigenvalue weighted by Crippen LogP contribution is 2.58. The van der Waals surface area contributed by atoms with E-state index < -0.39 is 43.4 Å². The number of esters is 1. The minimum absolute atomic E-state index is 0.0230. The fraction of sp³-hybridized carbons (Fsp3) is 0.452. The molecule has 58 heavy (non-hydrogen) atoms. The smallest absolute Gasteiger partial charge is 0.355 e. The molecule has 3 aliphatic rings. The van der Waals surface area contributed by atoms with E-state index in [0.29, 0.717) is 47.3 Å². The van der Waals surface area contributed by atoms with Crippen LogP contribution in [0.25, 0.3) is 10.1 Å². The number of likely N-dealkylation sites (tertiary alicyclic amines) is 1. The number of para-hydroxylation sites is 1. The topological polar surface area (TPSA) is 156 Å². The number of amides is 3. The van der Waals surface area contributed by atoms with E-state index >= 15 is 4.39 Å². The third-order valence-corrected chi connectivity index (χ3v) is 14.4. The Bertz CT molecular complexity index is 2200. The third-order valence-electron chi connectivity index (χ3n) is 11.1. The van der Waals surface area contributed by atoms with Crippen LogP contribution in [0.2, 0.25) is 0 Å². The van der Waals surface area contributed by atoms with Gasteiger partial charge in [-0.25, -0.2) is 9.48 Å². The Morgan fingerprint density at radius 3 is 2.59 bits per heavy atom. The van der Waals surface area contributed by atoms with Gasteiger partial charge in [-0.15, -0.1) is 11.3 Å². The standard InChI is InChI=1S/C42H49FN5O8PS/c1-5-17-55-42(52)26(3)46-57(53,56-31-9-7-6-8-10-31)38(43)27-11-14-36-28(20-27)21-37(58-36)39(49)45-33-19-25(2)18-30-12-13-34(48(30)40(33)50)41(51)47-23-29(24-47)32-22-44-16-15-35(32)54-4/h6-11,14-16,20-22,25-26,29-30,33-34,38H,5,12-13,17-19,23-24H2,1-4H3,(H,45,49)(H,46,53)/t25-,26-,30+,33-,34-,38+,57+/m0/s1. The fourth-order valence-electron chi connectivity index (χ4n) is 8.18. The average molecular weight is 834 g/mol. The van der Waals surface area contributed by atoms with Crippen LogP contribution in [0, 0.1) is 5.92 Å². The summed E-state index contributed by atoms with van der Waals surface area (Å²) in [7, 11) is -2.83. The number of aromatic nitrogens is 1. The highest BCUT2D eigenvalue weighted by atomic mass is 32.1. The summed E-state index contributed by atoms with van der Waals surface area (Å²) in [6.07, 6.45) is 6.47. The number of nitrogens with one attached hydrogen (secondary N) is 2. The van der Waals surface area contributed by atoms with Crippen LogP contribution in [-0.4, -0.2) is 89.4 Å². The lowest BCUT2D eigenvalue weighted by atomic mass is 9.91. The predicted molar refractivity (Wildman–Crippen MR) is 218 cm³/mol. The molecule has 0 saturated carbocycles. The molecule has 3 aliphatic heterocycles. The minimum Gasteiger partial charge on any atom is -0.496 e. The van der Waals surface area contributed by atoms with Crippen molar-refractivity contribution in [3.63, 3.8) is 0 Å². The summed E-state index contributed by atoms with van der Waals surface area (Å²) in [5, 5.41) is 6.08. The van der Waals surface area contributed by atoms with Gasteiger partial charge in [0.1, 0.15) is 29.6 Å². The van der Waals surface area contributed by atoms with Gasteiger partial charge < -0.3 is 29.1 Å². The van der Waals surface area contributed by atoms with E-state index in [0.717, 1.165) is 24.2 Å². The zero-order valence-corrected chi connectivity index (χ0v) is 34.7. The molecule has 0 bridgehead atoms. The normalized spacial score (nSPS) is 22.9. The molecule has 3 fully saturated rings. The van der Waals surface area contributed by atoms with Crippen molar-refractivity contribution >= 4 is 52.6 Å². The summed E-state index contributed by atoms with van der Waals surface area (Å²) in [6, 6.07) is 13.5. The van der Waals surface area contributed by atoms with Crippen LogP contribution in [0.15, 0.2) is 73.1 Å². The molecule has 0 spiro atoms. The molecule has 2 N–H and O–H groups in total. The molecule has 2 aromatic heterocycles. The largest absolute Gasteiger partial charge is 0.496 e. The molecular formula is C42H49FN5O8PS. The van der Waals surface area contributed by atoms with Crippen LogP contribution >= 0.6 is 18.9 Å². The molecular weight excluding hydrogens is 785 g/mol. The van der Waals surface area contributed by atoms with E-state index in [-0.39, 0.29) is 47.6 Å². The Balaban J connectivity index is 1.05. The van der Waals surface area contributed by atoms with Crippen molar-refractivity contribution < 1.29 is 42.1 Å². The molecule has 7 atom stereocenters. The monoisotopic (exact) mass is 833 g/mol. The fourth-order valence-corrected chi connectivity index (χ4v) is 11.0. The van der Waals surface area contributed by atoms with Crippen molar-refractivity contribution in [2.75, 3.05) is 26.8 Å². The summed E-state index contributed by atoms with van der Waals surface area (Å²) in [4.78, 5) is 62.6. The van der Waals surface area contributed by atoms with E-state index in [2.05, 4.69) is 22.3 Å². The number of rotatable bonds is 14. The Morgan fingerprint density at radius 1 is 1.07 bits per heavy atom. The summed E-state index contributed by atoms with van der Waals surface area (Å²) in [5.41, 5.74) is 0.975. The quantitative estimate of drug-likeness (QED) is 0.100. The van der Waals surface area contributed by atoms with Gasteiger partial charge in [0.25, 0.3) is 5.91 Å². The van der Waals surface area contributed by atoms with Gasteiger partial charge >= 0.3 is 13.5 Å². The van der Waals surface area contributed by atoms with Crippen molar-refractivity contribution in [1.82, 2.24) is 25.2 Å². The zero-order chi connectivity index (χ0) is 41.1. The number of carbonyl (C=O) groups is 4. The van der Waals surface area contributed by atoms with Crippen LogP contribution in [0.4, 0.5) is 4.39 Å². The summed E-state index contributed by atoms with van der Waals surface area (Å²) < 4.78 is 47.9. The molecule has 13 nitrogen and oxygen atoms in total. The maximum atomic E-state index is 16.5. The molecule has 308 valence electrons. The second kappa shape index (κ2) is 17.6. The number of nitrogens with zero attached hydrogens (tertiary/aromatic N) is 3. The van der Waals surface area contributed by atoms with E-state index in [1.807, 2.05) is 6.92 Å². The van der Waals surface area contributed by atoms with E-state index in [1.54, 1.807) is 77.8 Å². The summed E-state index contributed by atoms with van der Waals surface area (Å²) in [6.45, 7) is 6.52. The van der Waals surface area contributed by atoms with Crippen molar-refractivity contribution in [2.24, 2.45) is 5.92 Å². The molecule has 2 aromatic carbocycles. The number of pyridine rings is 1. The number of methoxy groups -OCH3 is 1. The Morgan fingerprint density at radius 2 is 1.84 bits per heavy atom. The molecule has 16 heteroatoms. The van der Waals surface area contributed by atoms with Crippen LogP contribution in [0.1, 0.15) is 85.5 Å². The molecule has 4 aromatic rings. The Labute approximate surface area is 341 Å². The minimum atomic E-state index is -4.44. The van der Waals surface area contributed by atoms with Crippen LogP contribution in [-0.2, 0) is 23.7 Å². The lowest BCUT2D eigenvalue weighted by Crippen LogP contribution is -2.58. The molecule has 0 unspecified atom stereocenters. The Hall–Kier alpha value is -4.85. The number of halogens is 1. The van der Waals surface area contributed by atoms with Gasteiger partial charge in [-0.3, -0.25) is 28.7 Å². The molecule has 0 aliphatic carbocycles. The lowest BCUT2D eigenvalue weighted by molar-refractivity contribution is -0.148. The van der Waals surface area contributed by atoms with Crippen molar-refractivity contribution in [1.29, 1.82) is 0 Å². The average Bonchev–Trinajstić information content (AvgIpc) is 3.80. The van der Waals surface area contributed by atoms with Gasteiger partial charge in [0, 0.05) is 47.7 Å². The second-order valence-electron chi connectivity index (χ2n) is 15.4. The number of benzene rings is 2. The van der Waals surface area contributed by atoms with Gasteiger partial charge in [-0.1, -0.05) is 38.1 Å².